The quantitative estimate of drug-likeness (QED) is 0.297. The highest BCUT2D eigenvalue weighted by Crippen LogP contribution is 2.30. The van der Waals surface area contributed by atoms with Crippen molar-refractivity contribution in [2.45, 2.75) is 19.5 Å². The third-order valence-corrected chi connectivity index (χ3v) is 5.56. The maximum absolute atomic E-state index is 13.2. The van der Waals surface area contributed by atoms with Gasteiger partial charge in [0.15, 0.2) is 5.75 Å². The second kappa shape index (κ2) is 11.9. The molecule has 0 fully saturated rings. The number of aromatic nitrogens is 1. The number of benzene rings is 2. The van der Waals surface area contributed by atoms with Gasteiger partial charge in [0.1, 0.15) is 11.1 Å². The predicted octanol–water partition coefficient (Wildman–Crippen LogP) is 1.31. The number of quaternary nitrogens is 1. The van der Waals surface area contributed by atoms with Crippen LogP contribution in [-0.4, -0.2) is 39.1 Å². The summed E-state index contributed by atoms with van der Waals surface area (Å²) in [6.45, 7) is 0.369. The molecule has 8 N–H and O–H groups in total. The van der Waals surface area contributed by atoms with Crippen LogP contribution in [0.4, 0.5) is 0 Å². The van der Waals surface area contributed by atoms with Gasteiger partial charge in [0, 0.05) is 5.02 Å². The molecule has 0 bridgehead atoms. The van der Waals surface area contributed by atoms with E-state index in [9.17, 15) is 34.5 Å². The van der Waals surface area contributed by atoms with Gasteiger partial charge in [-0.1, -0.05) is 60.1 Å². The number of carboxylic acids is 1. The molecule has 12 heteroatoms. The van der Waals surface area contributed by atoms with Crippen molar-refractivity contribution >= 4 is 29.4 Å². The molecule has 1 heterocycles. The van der Waals surface area contributed by atoms with Crippen molar-refractivity contribution in [3.8, 4) is 11.6 Å². The zero-order valence-corrected chi connectivity index (χ0v) is 20.2. The number of rotatable bonds is 8. The van der Waals surface area contributed by atoms with Gasteiger partial charge in [0.05, 0.1) is 25.1 Å². The number of pyridine rings is 1. The smallest absolute Gasteiger partial charge is 0.270 e. The molecule has 0 aliphatic heterocycles. The molecule has 0 saturated carbocycles. The molecule has 2 aromatic carbocycles. The van der Waals surface area contributed by atoms with Gasteiger partial charge in [-0.05, 0) is 24.1 Å². The largest absolute Gasteiger partial charge is 0.548 e. The summed E-state index contributed by atoms with van der Waals surface area (Å²) in [7, 11) is 0. The Bertz CT molecular complexity index is 1340. The number of carbonyl (C=O) groups is 3. The van der Waals surface area contributed by atoms with Crippen LogP contribution in [0.5, 0.6) is 11.6 Å². The molecule has 36 heavy (non-hydrogen) atoms. The van der Waals surface area contributed by atoms with Crippen molar-refractivity contribution < 1.29 is 29.7 Å². The lowest BCUT2D eigenvalue weighted by Gasteiger charge is -2.19. The summed E-state index contributed by atoms with van der Waals surface area (Å²) >= 11 is 6.16. The average Bonchev–Trinajstić information content (AvgIpc) is 2.82. The molecule has 0 aliphatic carbocycles. The van der Waals surface area contributed by atoms with E-state index in [2.05, 4.69) is 5.32 Å². The van der Waals surface area contributed by atoms with Crippen molar-refractivity contribution in [1.82, 2.24) is 21.4 Å². The van der Waals surface area contributed by atoms with Crippen molar-refractivity contribution in [3.05, 3.63) is 92.2 Å². The number of halogens is 1. The number of nitrogens with zero attached hydrogens (tertiary/aromatic N) is 1. The molecular weight excluding hydrogens is 492 g/mol. The molecule has 0 saturated heterocycles. The first-order chi connectivity index (χ1) is 16.6. The first kappa shape index (κ1) is 27.9. The number of carbonyl (C=O) groups excluding carboxylic acids is 3. The summed E-state index contributed by atoms with van der Waals surface area (Å²) in [4.78, 5) is 49.6. The topological polar surface area (TPSA) is 197 Å². The van der Waals surface area contributed by atoms with Crippen molar-refractivity contribution in [2.75, 3.05) is 6.54 Å². The number of aromatic hydroxyl groups is 2. The molecule has 3 aromatic rings. The zero-order chi connectivity index (χ0) is 25.7. The Labute approximate surface area is 210 Å². The molecule has 2 amide bonds. The Kier molecular flexibility index (Phi) is 9.19. The Hall–Kier alpha value is -4.35. The number of amides is 2. The number of aliphatic carboxylic acids is 1. The molecule has 0 radical (unpaired) electrons. The SMILES string of the molecule is C[C@@H](NC(=O)c1c(O)c(C(=O)NCC(=O)[O-])c(O)n(Cc2ccccc2Cl)c1=O)c1ccccc1.[NH4+]. The number of carboxylic acid groups (broad SMARTS) is 1. The minimum atomic E-state index is -1.63. The fourth-order valence-corrected chi connectivity index (χ4v) is 3.59. The first-order valence-electron chi connectivity index (χ1n) is 10.4. The van der Waals surface area contributed by atoms with Crippen LogP contribution in [0.15, 0.2) is 59.4 Å². The van der Waals surface area contributed by atoms with Crippen LogP contribution < -0.4 is 27.4 Å². The van der Waals surface area contributed by atoms with E-state index in [1.165, 1.54) is 0 Å². The summed E-state index contributed by atoms with van der Waals surface area (Å²) in [5.74, 6) is -5.95. The van der Waals surface area contributed by atoms with Crippen molar-refractivity contribution in [3.63, 3.8) is 0 Å². The van der Waals surface area contributed by atoms with Crippen molar-refractivity contribution in [1.29, 1.82) is 0 Å². The minimum Gasteiger partial charge on any atom is -0.548 e. The lowest BCUT2D eigenvalue weighted by Crippen LogP contribution is -2.39. The van der Waals surface area contributed by atoms with E-state index in [0.717, 1.165) is 0 Å². The molecule has 1 atom stereocenters. The summed E-state index contributed by atoms with van der Waals surface area (Å²) in [6, 6.07) is 14.6. The number of nitrogens with one attached hydrogen (secondary N) is 2. The van der Waals surface area contributed by atoms with E-state index >= 15 is 0 Å². The molecule has 1 aromatic heterocycles. The molecule has 0 unspecified atom stereocenters. The Morgan fingerprint density at radius 2 is 1.61 bits per heavy atom. The van der Waals surface area contributed by atoms with E-state index < -0.39 is 58.7 Å². The van der Waals surface area contributed by atoms with Crippen LogP contribution in [0.2, 0.25) is 5.02 Å². The van der Waals surface area contributed by atoms with E-state index in [4.69, 9.17) is 11.6 Å². The second-order valence-electron chi connectivity index (χ2n) is 7.57. The van der Waals surface area contributed by atoms with Crippen LogP contribution >= 0.6 is 11.6 Å². The fraction of sp³-hybridized carbons (Fsp3) is 0.167. The fourth-order valence-electron chi connectivity index (χ4n) is 3.39. The Balaban J connectivity index is 0.00000456. The maximum Gasteiger partial charge on any atom is 0.270 e. The maximum atomic E-state index is 13.2. The van der Waals surface area contributed by atoms with E-state index in [1.54, 1.807) is 61.5 Å². The lowest BCUT2D eigenvalue weighted by molar-refractivity contribution is -0.303. The highest BCUT2D eigenvalue weighted by atomic mass is 35.5. The zero-order valence-electron chi connectivity index (χ0n) is 19.4. The first-order valence-corrected chi connectivity index (χ1v) is 10.8. The standard InChI is InChI=1S/C24H22ClN3O7.H3N/c1-13(14-7-3-2-4-8-14)27-22(33)19-20(31)18(21(32)26-11-17(29)30)23(34)28(24(19)35)12-15-9-5-6-10-16(15)25;/h2-10,13,31,34H,11-12H2,1H3,(H,26,32)(H,27,33)(H,29,30);1H3/t13-;/m1./s1. The van der Waals surface area contributed by atoms with Gasteiger partial charge in [0.2, 0.25) is 5.88 Å². The predicted molar refractivity (Wildman–Crippen MR) is 130 cm³/mol. The lowest BCUT2D eigenvalue weighted by atomic mass is 10.1. The summed E-state index contributed by atoms with van der Waals surface area (Å²) in [5.41, 5.74) is -1.66. The van der Waals surface area contributed by atoms with Crippen LogP contribution in [0.25, 0.3) is 0 Å². The monoisotopic (exact) mass is 516 g/mol. The summed E-state index contributed by atoms with van der Waals surface area (Å²) in [6.07, 6.45) is 0. The van der Waals surface area contributed by atoms with Crippen LogP contribution in [0.3, 0.4) is 0 Å². The van der Waals surface area contributed by atoms with Gasteiger partial charge in [-0.15, -0.1) is 0 Å². The second-order valence-corrected chi connectivity index (χ2v) is 7.97. The third kappa shape index (κ3) is 6.01. The van der Waals surface area contributed by atoms with Gasteiger partial charge in [0.25, 0.3) is 17.4 Å². The highest BCUT2D eigenvalue weighted by molar-refractivity contribution is 6.31. The van der Waals surface area contributed by atoms with Gasteiger partial charge < -0.3 is 36.9 Å². The number of hydrogen-bond donors (Lipinski definition) is 5. The van der Waals surface area contributed by atoms with Crippen LogP contribution in [0.1, 0.15) is 44.8 Å². The van der Waals surface area contributed by atoms with Crippen LogP contribution in [-0.2, 0) is 11.3 Å². The third-order valence-electron chi connectivity index (χ3n) is 5.19. The van der Waals surface area contributed by atoms with Gasteiger partial charge >= 0.3 is 0 Å². The molecule has 190 valence electrons. The summed E-state index contributed by atoms with van der Waals surface area (Å²) in [5, 5.41) is 36.9. The van der Waals surface area contributed by atoms with E-state index in [1.807, 2.05) is 5.32 Å². The molecule has 0 spiro atoms. The van der Waals surface area contributed by atoms with Gasteiger partial charge in [-0.2, -0.15) is 0 Å². The van der Waals surface area contributed by atoms with Crippen molar-refractivity contribution in [2.24, 2.45) is 0 Å². The molecule has 3 rings (SSSR count). The molecule has 0 aliphatic rings. The van der Waals surface area contributed by atoms with Gasteiger partial charge in [-0.25, -0.2) is 0 Å². The minimum absolute atomic E-state index is 0. The number of hydrogen-bond acceptors (Lipinski definition) is 7. The van der Waals surface area contributed by atoms with E-state index in [0.29, 0.717) is 15.7 Å². The van der Waals surface area contributed by atoms with E-state index in [-0.39, 0.29) is 17.7 Å². The normalized spacial score (nSPS) is 11.2. The van der Waals surface area contributed by atoms with Crippen LogP contribution in [0, 0.1) is 0 Å². The Morgan fingerprint density at radius 3 is 2.22 bits per heavy atom. The highest BCUT2D eigenvalue weighted by Gasteiger charge is 2.30. The molecule has 11 nitrogen and oxygen atoms in total. The Morgan fingerprint density at radius 1 is 1.00 bits per heavy atom. The summed E-state index contributed by atoms with van der Waals surface area (Å²) < 4.78 is 0.691. The average molecular weight is 517 g/mol. The van der Waals surface area contributed by atoms with Gasteiger partial charge in [-0.3, -0.25) is 19.0 Å². The molecular formula is C24H25ClN4O7.